The average Bonchev–Trinajstić information content (AvgIpc) is 2.93. The van der Waals surface area contributed by atoms with E-state index in [0.717, 1.165) is 24.1 Å². The Hall–Kier alpha value is -2.22. The van der Waals surface area contributed by atoms with Crippen LogP contribution in [0.1, 0.15) is 0 Å². The van der Waals surface area contributed by atoms with Crippen LogP contribution in [0.5, 0.6) is 0 Å². The number of anilines is 1. The van der Waals surface area contributed by atoms with Gasteiger partial charge in [-0.3, -0.25) is 0 Å². The van der Waals surface area contributed by atoms with Gasteiger partial charge in [-0.1, -0.05) is 6.07 Å². The normalized spacial score (nSPS) is 10.9. The highest BCUT2D eigenvalue weighted by atomic mass is 32.2. The zero-order chi connectivity index (χ0) is 14.1. The molecule has 4 nitrogen and oxygen atoms in total. The molecule has 0 saturated heterocycles. The van der Waals surface area contributed by atoms with E-state index in [1.807, 2.05) is 0 Å². The molecule has 3 rings (SSSR count). The number of hydrogen-bond donors (Lipinski definition) is 1. The van der Waals surface area contributed by atoms with E-state index in [-0.39, 0.29) is 5.69 Å². The van der Waals surface area contributed by atoms with E-state index in [2.05, 4.69) is 19.7 Å². The van der Waals surface area contributed by atoms with Crippen molar-refractivity contribution in [2.75, 3.05) is 4.72 Å². The summed E-state index contributed by atoms with van der Waals surface area (Å²) < 4.78 is 46.6. The maximum absolute atomic E-state index is 13.5. The molecular formula is C12H6F3N3OS. The topological polar surface area (TPSA) is 51.0 Å². The van der Waals surface area contributed by atoms with Crippen molar-refractivity contribution in [3.05, 3.63) is 47.8 Å². The van der Waals surface area contributed by atoms with Gasteiger partial charge in [-0.2, -0.15) is 0 Å². The number of hydrogen-bond acceptors (Lipinski definition) is 5. The molecule has 2 aromatic carbocycles. The Balaban J connectivity index is 1.87. The predicted molar refractivity (Wildman–Crippen MR) is 67.6 cm³/mol. The Kier molecular flexibility index (Phi) is 3.23. The van der Waals surface area contributed by atoms with Gasteiger partial charge in [-0.15, -0.1) is 0 Å². The standard InChI is InChI=1S/C12H6F3N3OS/c13-6-4-5-7(11(15)10(6)14)18-20-9-3-1-2-8-12(9)17-19-16-8/h1-5,18H. The van der Waals surface area contributed by atoms with Crippen LogP contribution >= 0.6 is 11.9 Å². The summed E-state index contributed by atoms with van der Waals surface area (Å²) in [6, 6.07) is 7.09. The molecule has 1 N–H and O–H groups in total. The van der Waals surface area contributed by atoms with Gasteiger partial charge < -0.3 is 4.72 Å². The van der Waals surface area contributed by atoms with E-state index in [1.165, 1.54) is 0 Å². The number of halogens is 3. The molecule has 0 radical (unpaired) electrons. The second-order valence-electron chi connectivity index (χ2n) is 3.82. The van der Waals surface area contributed by atoms with Crippen molar-refractivity contribution in [3.8, 4) is 0 Å². The molecule has 0 bridgehead atoms. The fourth-order valence-electron chi connectivity index (χ4n) is 1.58. The molecule has 0 aliphatic rings. The molecule has 0 spiro atoms. The maximum Gasteiger partial charge on any atom is 0.196 e. The largest absolute Gasteiger partial charge is 0.323 e. The molecule has 0 unspecified atom stereocenters. The highest BCUT2D eigenvalue weighted by Crippen LogP contribution is 2.29. The van der Waals surface area contributed by atoms with E-state index in [1.54, 1.807) is 18.2 Å². The van der Waals surface area contributed by atoms with Crippen LogP contribution in [0, 0.1) is 17.5 Å². The van der Waals surface area contributed by atoms with Crippen molar-refractivity contribution in [1.29, 1.82) is 0 Å². The first-order chi connectivity index (χ1) is 9.66. The summed E-state index contributed by atoms with van der Waals surface area (Å²) in [5.74, 6) is -4.03. The first kappa shape index (κ1) is 12.8. The summed E-state index contributed by atoms with van der Waals surface area (Å²) in [7, 11) is 0. The fraction of sp³-hybridized carbons (Fsp3) is 0. The van der Waals surface area contributed by atoms with Crippen molar-refractivity contribution in [1.82, 2.24) is 10.3 Å². The van der Waals surface area contributed by atoms with Gasteiger partial charge in [0.15, 0.2) is 23.0 Å². The van der Waals surface area contributed by atoms with Crippen LogP contribution in [0.4, 0.5) is 18.9 Å². The summed E-state index contributed by atoms with van der Waals surface area (Å²) in [5.41, 5.74) is 0.873. The summed E-state index contributed by atoms with van der Waals surface area (Å²) in [6.07, 6.45) is 0. The molecular weight excluding hydrogens is 291 g/mol. The average molecular weight is 297 g/mol. The Morgan fingerprint density at radius 2 is 1.85 bits per heavy atom. The van der Waals surface area contributed by atoms with Crippen LogP contribution in [0.3, 0.4) is 0 Å². The smallest absolute Gasteiger partial charge is 0.196 e. The lowest BCUT2D eigenvalue weighted by molar-refractivity contribution is 0.315. The van der Waals surface area contributed by atoms with Crippen LogP contribution in [0.15, 0.2) is 39.9 Å². The first-order valence-corrected chi connectivity index (χ1v) is 6.26. The number of benzene rings is 2. The van der Waals surface area contributed by atoms with Crippen molar-refractivity contribution >= 4 is 28.7 Å². The molecule has 0 aliphatic carbocycles. The fourth-order valence-corrected chi connectivity index (χ4v) is 2.34. The number of rotatable bonds is 3. The van der Waals surface area contributed by atoms with Crippen LogP contribution in [0.25, 0.3) is 11.0 Å². The second kappa shape index (κ2) is 5.04. The Morgan fingerprint density at radius 3 is 2.70 bits per heavy atom. The number of nitrogens with zero attached hydrogens (tertiary/aromatic N) is 2. The van der Waals surface area contributed by atoms with Gasteiger partial charge in [-0.25, -0.2) is 17.8 Å². The van der Waals surface area contributed by atoms with E-state index < -0.39 is 17.5 Å². The van der Waals surface area contributed by atoms with Crippen molar-refractivity contribution in [2.24, 2.45) is 0 Å². The molecule has 102 valence electrons. The first-order valence-electron chi connectivity index (χ1n) is 5.44. The van der Waals surface area contributed by atoms with E-state index in [0.29, 0.717) is 15.9 Å². The van der Waals surface area contributed by atoms with E-state index in [4.69, 9.17) is 0 Å². The van der Waals surface area contributed by atoms with Gasteiger partial charge in [0.25, 0.3) is 0 Å². The van der Waals surface area contributed by atoms with Gasteiger partial charge in [0.05, 0.1) is 10.6 Å². The van der Waals surface area contributed by atoms with Crippen LogP contribution < -0.4 is 4.72 Å². The summed E-state index contributed by atoms with van der Waals surface area (Å²) >= 11 is 0.995. The SMILES string of the molecule is Fc1ccc(NSc2cccc3nonc23)c(F)c1F. The lowest BCUT2D eigenvalue weighted by Crippen LogP contribution is -1.97. The zero-order valence-corrected chi connectivity index (χ0v) is 10.5. The molecule has 0 atom stereocenters. The minimum atomic E-state index is -1.52. The Labute approximate surface area is 115 Å². The molecule has 0 fully saturated rings. The number of nitrogens with one attached hydrogen (secondary N) is 1. The van der Waals surface area contributed by atoms with Crippen LogP contribution in [0.2, 0.25) is 0 Å². The quantitative estimate of drug-likeness (QED) is 0.589. The second-order valence-corrected chi connectivity index (χ2v) is 4.66. The third-order valence-corrected chi connectivity index (χ3v) is 3.43. The minimum Gasteiger partial charge on any atom is -0.323 e. The number of fused-ring (bicyclic) bond motifs is 1. The third-order valence-electron chi connectivity index (χ3n) is 2.56. The van der Waals surface area contributed by atoms with Gasteiger partial charge in [0, 0.05) is 0 Å². The van der Waals surface area contributed by atoms with Crippen molar-refractivity contribution in [3.63, 3.8) is 0 Å². The summed E-state index contributed by atoms with van der Waals surface area (Å²) in [4.78, 5) is 0.618. The van der Waals surface area contributed by atoms with Crippen molar-refractivity contribution < 1.29 is 17.8 Å². The van der Waals surface area contributed by atoms with Gasteiger partial charge >= 0.3 is 0 Å². The van der Waals surface area contributed by atoms with Gasteiger partial charge in [-0.05, 0) is 46.5 Å². The van der Waals surface area contributed by atoms with E-state index >= 15 is 0 Å². The zero-order valence-electron chi connectivity index (χ0n) is 9.73. The summed E-state index contributed by atoms with van der Waals surface area (Å²) in [6.45, 7) is 0. The molecule has 0 saturated carbocycles. The lowest BCUT2D eigenvalue weighted by atomic mass is 10.3. The molecule has 1 heterocycles. The lowest BCUT2D eigenvalue weighted by Gasteiger charge is -2.07. The highest BCUT2D eigenvalue weighted by Gasteiger charge is 2.14. The monoisotopic (exact) mass is 297 g/mol. The highest BCUT2D eigenvalue weighted by molar-refractivity contribution is 8.00. The van der Waals surface area contributed by atoms with E-state index in [9.17, 15) is 13.2 Å². The molecule has 0 amide bonds. The van der Waals surface area contributed by atoms with Gasteiger partial charge in [0.1, 0.15) is 5.52 Å². The molecule has 3 aromatic rings. The molecule has 1 aromatic heterocycles. The van der Waals surface area contributed by atoms with Crippen LogP contribution in [-0.4, -0.2) is 10.3 Å². The van der Waals surface area contributed by atoms with Crippen LogP contribution in [-0.2, 0) is 0 Å². The minimum absolute atomic E-state index is 0.164. The molecule has 0 aliphatic heterocycles. The maximum atomic E-state index is 13.5. The molecule has 20 heavy (non-hydrogen) atoms. The Bertz CT molecular complexity index is 778. The third kappa shape index (κ3) is 2.18. The predicted octanol–water partition coefficient (Wildman–Crippen LogP) is 3.76. The molecule has 8 heteroatoms. The Morgan fingerprint density at radius 1 is 1.00 bits per heavy atom. The van der Waals surface area contributed by atoms with Crippen molar-refractivity contribution in [2.45, 2.75) is 4.90 Å². The summed E-state index contributed by atoms with van der Waals surface area (Å²) in [5, 5.41) is 7.38. The number of aromatic nitrogens is 2. The van der Waals surface area contributed by atoms with Gasteiger partial charge in [0.2, 0.25) is 0 Å².